The Morgan fingerprint density at radius 2 is 1.80 bits per heavy atom. The van der Waals surface area contributed by atoms with E-state index >= 15 is 0 Å². The van der Waals surface area contributed by atoms with E-state index in [0.717, 1.165) is 56.6 Å². The van der Waals surface area contributed by atoms with E-state index in [2.05, 4.69) is 28.0 Å². The number of amides is 2. The van der Waals surface area contributed by atoms with Gasteiger partial charge in [0.2, 0.25) is 0 Å². The van der Waals surface area contributed by atoms with E-state index in [4.69, 9.17) is 5.21 Å². The van der Waals surface area contributed by atoms with E-state index in [1.807, 2.05) is 30.3 Å². The van der Waals surface area contributed by atoms with Crippen LogP contribution in [0.5, 0.6) is 0 Å². The smallest absolute Gasteiger partial charge is 0.267 e. The Kier molecular flexibility index (Phi) is 6.26. The van der Waals surface area contributed by atoms with Crippen LogP contribution in [0.1, 0.15) is 39.9 Å². The van der Waals surface area contributed by atoms with Gasteiger partial charge in [0.05, 0.1) is 0 Å². The summed E-state index contributed by atoms with van der Waals surface area (Å²) in [5, 5.41) is 8.52. The number of benzene rings is 2. The summed E-state index contributed by atoms with van der Waals surface area (Å²) in [5.74, 6) is -0.355. The van der Waals surface area contributed by atoms with Crippen LogP contribution in [-0.2, 0) is 17.8 Å². The fourth-order valence-corrected chi connectivity index (χ4v) is 4.38. The number of hydrogen-bond donors (Lipinski definition) is 2. The Hall–Kier alpha value is -2.96. The highest BCUT2D eigenvalue weighted by Crippen LogP contribution is 2.25. The number of rotatable bonds is 5. The monoisotopic (exact) mass is 405 g/mol. The van der Waals surface area contributed by atoms with Gasteiger partial charge in [0.25, 0.3) is 11.8 Å². The van der Waals surface area contributed by atoms with Crippen LogP contribution < -0.4 is 5.48 Å². The van der Waals surface area contributed by atoms with Crippen LogP contribution in [0, 0.1) is 0 Å². The molecule has 0 saturated carbocycles. The molecule has 30 heavy (non-hydrogen) atoms. The van der Waals surface area contributed by atoms with Crippen LogP contribution in [0.3, 0.4) is 0 Å². The maximum Gasteiger partial charge on any atom is 0.267 e. The SMILES string of the molecule is O=C(C=Cc1ccc(CN2CCC(N3CCc4ccccc4C3=O)CC2)cc1)NO. The van der Waals surface area contributed by atoms with E-state index in [1.54, 1.807) is 11.6 Å². The normalized spacial score (nSPS) is 17.9. The fraction of sp³-hybridized carbons (Fsp3) is 0.333. The lowest BCUT2D eigenvalue weighted by atomic mass is 9.94. The van der Waals surface area contributed by atoms with Crippen LogP contribution in [0.4, 0.5) is 0 Å². The van der Waals surface area contributed by atoms with Crippen LogP contribution in [0.25, 0.3) is 6.08 Å². The second-order valence-electron chi connectivity index (χ2n) is 7.96. The van der Waals surface area contributed by atoms with Crippen molar-refractivity contribution in [1.82, 2.24) is 15.3 Å². The van der Waals surface area contributed by atoms with Crippen molar-refractivity contribution in [3.05, 3.63) is 76.9 Å². The molecular formula is C24H27N3O3. The van der Waals surface area contributed by atoms with Crippen molar-refractivity contribution in [2.24, 2.45) is 0 Å². The number of nitrogens with one attached hydrogen (secondary N) is 1. The van der Waals surface area contributed by atoms with Crippen molar-refractivity contribution in [2.45, 2.75) is 31.8 Å². The maximum atomic E-state index is 12.9. The number of hydroxylamine groups is 1. The van der Waals surface area contributed by atoms with E-state index in [-0.39, 0.29) is 5.91 Å². The van der Waals surface area contributed by atoms with Gasteiger partial charge in [-0.3, -0.25) is 19.7 Å². The van der Waals surface area contributed by atoms with Crippen LogP contribution in [0.2, 0.25) is 0 Å². The second kappa shape index (κ2) is 9.24. The maximum absolute atomic E-state index is 12.9. The van der Waals surface area contributed by atoms with Gasteiger partial charge in [-0.05, 0) is 48.1 Å². The topological polar surface area (TPSA) is 72.9 Å². The number of carbonyl (C=O) groups excluding carboxylic acids is 2. The second-order valence-corrected chi connectivity index (χ2v) is 7.96. The number of likely N-dealkylation sites (tertiary alicyclic amines) is 1. The first kappa shape index (κ1) is 20.3. The van der Waals surface area contributed by atoms with Crippen molar-refractivity contribution < 1.29 is 14.8 Å². The summed E-state index contributed by atoms with van der Waals surface area (Å²) in [7, 11) is 0. The molecule has 2 heterocycles. The molecule has 156 valence electrons. The minimum Gasteiger partial charge on any atom is -0.335 e. The summed E-state index contributed by atoms with van der Waals surface area (Å²) in [6.45, 7) is 3.66. The molecule has 1 saturated heterocycles. The molecule has 6 nitrogen and oxygen atoms in total. The molecule has 0 spiro atoms. The quantitative estimate of drug-likeness (QED) is 0.456. The van der Waals surface area contributed by atoms with Gasteiger partial charge < -0.3 is 4.90 Å². The number of piperidine rings is 1. The molecule has 2 aliphatic rings. The molecule has 2 aromatic rings. The Bertz CT molecular complexity index is 931. The lowest BCUT2D eigenvalue weighted by molar-refractivity contribution is -0.124. The third-order valence-corrected chi connectivity index (χ3v) is 6.05. The molecule has 0 aliphatic carbocycles. The van der Waals surface area contributed by atoms with Crippen LogP contribution >= 0.6 is 0 Å². The highest BCUT2D eigenvalue weighted by molar-refractivity contribution is 5.97. The van der Waals surface area contributed by atoms with Gasteiger partial charge in [-0.2, -0.15) is 0 Å². The first-order valence-corrected chi connectivity index (χ1v) is 10.5. The lowest BCUT2D eigenvalue weighted by Crippen LogP contribution is -2.49. The fourth-order valence-electron chi connectivity index (χ4n) is 4.38. The molecule has 0 radical (unpaired) electrons. The summed E-state index contributed by atoms with van der Waals surface area (Å²) in [5.41, 5.74) is 5.75. The van der Waals surface area contributed by atoms with Crippen molar-refractivity contribution in [2.75, 3.05) is 19.6 Å². The predicted molar refractivity (Wildman–Crippen MR) is 115 cm³/mol. The molecule has 4 rings (SSSR count). The van der Waals surface area contributed by atoms with E-state index in [1.165, 1.54) is 17.2 Å². The molecule has 6 heteroatoms. The third-order valence-electron chi connectivity index (χ3n) is 6.05. The molecule has 0 bridgehead atoms. The zero-order chi connectivity index (χ0) is 20.9. The molecule has 2 aromatic carbocycles. The van der Waals surface area contributed by atoms with Crippen LogP contribution in [0.15, 0.2) is 54.6 Å². The summed E-state index contributed by atoms with van der Waals surface area (Å²) in [4.78, 5) is 28.5. The largest absolute Gasteiger partial charge is 0.335 e. The van der Waals surface area contributed by atoms with Gasteiger partial charge in [0.15, 0.2) is 0 Å². The Labute approximate surface area is 176 Å². The highest BCUT2D eigenvalue weighted by atomic mass is 16.5. The first-order valence-electron chi connectivity index (χ1n) is 10.5. The van der Waals surface area contributed by atoms with Crippen molar-refractivity contribution in [1.29, 1.82) is 0 Å². The summed E-state index contributed by atoms with van der Waals surface area (Å²) >= 11 is 0. The molecule has 0 aromatic heterocycles. The van der Waals surface area contributed by atoms with Gasteiger partial charge in [0, 0.05) is 43.9 Å². The highest BCUT2D eigenvalue weighted by Gasteiger charge is 2.31. The number of nitrogens with zero attached hydrogens (tertiary/aromatic N) is 2. The summed E-state index contributed by atoms with van der Waals surface area (Å²) in [6, 6.07) is 16.4. The molecule has 1 fully saturated rings. The third kappa shape index (κ3) is 4.61. The Morgan fingerprint density at radius 3 is 2.53 bits per heavy atom. The molecule has 0 unspecified atom stereocenters. The van der Waals surface area contributed by atoms with Gasteiger partial charge in [0.1, 0.15) is 0 Å². The molecule has 2 N–H and O–H groups in total. The Balaban J connectivity index is 1.29. The Morgan fingerprint density at radius 1 is 1.07 bits per heavy atom. The summed E-state index contributed by atoms with van der Waals surface area (Å²) < 4.78 is 0. The first-order chi connectivity index (χ1) is 14.6. The molecular weight excluding hydrogens is 378 g/mol. The van der Waals surface area contributed by atoms with Gasteiger partial charge in [-0.1, -0.05) is 42.5 Å². The summed E-state index contributed by atoms with van der Waals surface area (Å²) in [6.07, 6.45) is 5.91. The minimum absolute atomic E-state index is 0.189. The molecule has 2 amide bonds. The number of carbonyl (C=O) groups is 2. The van der Waals surface area contributed by atoms with Gasteiger partial charge >= 0.3 is 0 Å². The standard InChI is InChI=1S/C24H27N3O3/c28-23(25-30)10-9-18-5-7-19(8-6-18)17-26-14-12-21(13-15-26)27-16-11-20-3-1-2-4-22(20)24(27)29/h1-10,21,30H,11-17H2,(H,25,28). The van der Waals surface area contributed by atoms with E-state index < -0.39 is 5.91 Å². The number of hydrogen-bond acceptors (Lipinski definition) is 4. The van der Waals surface area contributed by atoms with E-state index in [9.17, 15) is 9.59 Å². The van der Waals surface area contributed by atoms with Crippen molar-refractivity contribution in [3.63, 3.8) is 0 Å². The zero-order valence-corrected chi connectivity index (χ0v) is 17.0. The van der Waals surface area contributed by atoms with E-state index in [0.29, 0.717) is 6.04 Å². The lowest BCUT2D eigenvalue weighted by Gasteiger charge is -2.40. The zero-order valence-electron chi connectivity index (χ0n) is 17.0. The van der Waals surface area contributed by atoms with Gasteiger partial charge in [-0.15, -0.1) is 0 Å². The minimum atomic E-state index is -0.544. The molecule has 2 aliphatic heterocycles. The average Bonchev–Trinajstić information content (AvgIpc) is 2.79. The van der Waals surface area contributed by atoms with Crippen molar-refractivity contribution >= 4 is 17.9 Å². The van der Waals surface area contributed by atoms with Crippen molar-refractivity contribution in [3.8, 4) is 0 Å². The van der Waals surface area contributed by atoms with Crippen LogP contribution in [-0.4, -0.2) is 52.5 Å². The predicted octanol–water partition coefficient (Wildman–Crippen LogP) is 2.87. The molecule has 0 atom stereocenters. The number of fused-ring (bicyclic) bond motifs is 1. The van der Waals surface area contributed by atoms with Gasteiger partial charge in [-0.25, -0.2) is 5.48 Å². The average molecular weight is 405 g/mol.